The zero-order valence-electron chi connectivity index (χ0n) is 12.8. The lowest BCUT2D eigenvalue weighted by Gasteiger charge is -2.07. The highest BCUT2D eigenvalue weighted by Crippen LogP contribution is 2.32. The molecule has 122 valence electrons. The summed E-state index contributed by atoms with van der Waals surface area (Å²) in [4.78, 5) is 12.3. The van der Waals surface area contributed by atoms with Crippen LogP contribution in [-0.4, -0.2) is 5.91 Å². The van der Waals surface area contributed by atoms with Gasteiger partial charge >= 0.3 is 0 Å². The fourth-order valence-corrected chi connectivity index (χ4v) is 3.04. The molecule has 0 radical (unpaired) electrons. The highest BCUT2D eigenvalue weighted by Gasteiger charge is 2.15. The molecule has 0 aliphatic rings. The van der Waals surface area contributed by atoms with Gasteiger partial charge in [0.05, 0.1) is 16.4 Å². The minimum atomic E-state index is -0.370. The quantitative estimate of drug-likeness (QED) is 0.565. The Kier molecular flexibility index (Phi) is 4.64. The second kappa shape index (κ2) is 6.71. The third-order valence-electron chi connectivity index (χ3n) is 3.48. The van der Waals surface area contributed by atoms with Gasteiger partial charge in [0.15, 0.2) is 5.76 Å². The van der Waals surface area contributed by atoms with Crippen molar-refractivity contribution in [2.24, 2.45) is 0 Å². The smallest absolute Gasteiger partial charge is 0.291 e. The van der Waals surface area contributed by atoms with Crippen molar-refractivity contribution in [1.82, 2.24) is 0 Å². The molecule has 3 rings (SSSR count). The molecule has 3 N–H and O–H groups in total. The summed E-state index contributed by atoms with van der Waals surface area (Å²) in [6, 6.07) is 14.2. The second-order valence-corrected chi connectivity index (χ2v) is 6.66. The standard InChI is InChI=1S/C18H14BrClN2O2/c1-10-2-5-15(14(21)8-10)22-18(23)17-7-6-16(24-17)12-4-3-11(19)9-13(12)20/h2-9H,21H2,1H3,(H,22,23). The molecule has 2 aromatic carbocycles. The maximum atomic E-state index is 12.3. The average molecular weight is 406 g/mol. The van der Waals surface area contributed by atoms with Crippen LogP contribution in [0.5, 0.6) is 0 Å². The molecule has 0 bridgehead atoms. The number of anilines is 2. The van der Waals surface area contributed by atoms with Crippen LogP contribution >= 0.6 is 27.5 Å². The van der Waals surface area contributed by atoms with Crippen LogP contribution in [-0.2, 0) is 0 Å². The third kappa shape index (κ3) is 3.47. The zero-order valence-corrected chi connectivity index (χ0v) is 15.1. The maximum absolute atomic E-state index is 12.3. The van der Waals surface area contributed by atoms with E-state index in [2.05, 4.69) is 21.2 Å². The van der Waals surface area contributed by atoms with Crippen molar-refractivity contribution in [1.29, 1.82) is 0 Å². The van der Waals surface area contributed by atoms with E-state index in [1.807, 2.05) is 25.1 Å². The Hall–Kier alpha value is -2.24. The van der Waals surface area contributed by atoms with Gasteiger partial charge in [-0.3, -0.25) is 4.79 Å². The molecular weight excluding hydrogens is 392 g/mol. The van der Waals surface area contributed by atoms with Crippen LogP contribution in [0.4, 0.5) is 11.4 Å². The lowest BCUT2D eigenvalue weighted by atomic mass is 10.2. The topological polar surface area (TPSA) is 68.3 Å². The summed E-state index contributed by atoms with van der Waals surface area (Å²) in [5.41, 5.74) is 8.70. The number of halogens is 2. The fourth-order valence-electron chi connectivity index (χ4n) is 2.27. The van der Waals surface area contributed by atoms with Gasteiger partial charge in [-0.2, -0.15) is 0 Å². The van der Waals surface area contributed by atoms with E-state index in [0.717, 1.165) is 10.0 Å². The number of rotatable bonds is 3. The molecule has 0 fully saturated rings. The van der Waals surface area contributed by atoms with Crippen LogP contribution in [0, 0.1) is 6.92 Å². The number of furan rings is 1. The number of aryl methyl sites for hydroxylation is 1. The van der Waals surface area contributed by atoms with Crippen LogP contribution in [0.25, 0.3) is 11.3 Å². The van der Waals surface area contributed by atoms with Crippen molar-refractivity contribution in [3.05, 3.63) is 69.3 Å². The molecule has 0 saturated carbocycles. The van der Waals surface area contributed by atoms with Gasteiger partial charge in [-0.1, -0.05) is 33.6 Å². The van der Waals surface area contributed by atoms with E-state index in [-0.39, 0.29) is 11.7 Å². The van der Waals surface area contributed by atoms with Crippen molar-refractivity contribution < 1.29 is 9.21 Å². The van der Waals surface area contributed by atoms with Gasteiger partial charge in [0.1, 0.15) is 5.76 Å². The minimum absolute atomic E-state index is 0.184. The number of carbonyl (C=O) groups excluding carboxylic acids is 1. The van der Waals surface area contributed by atoms with Gasteiger partial charge < -0.3 is 15.5 Å². The summed E-state index contributed by atoms with van der Waals surface area (Å²) >= 11 is 9.57. The van der Waals surface area contributed by atoms with Gasteiger partial charge in [-0.05, 0) is 55.0 Å². The van der Waals surface area contributed by atoms with Crippen molar-refractivity contribution in [2.75, 3.05) is 11.1 Å². The Labute approximate surface area is 152 Å². The molecule has 4 nitrogen and oxygen atoms in total. The highest BCUT2D eigenvalue weighted by molar-refractivity contribution is 9.10. The van der Waals surface area contributed by atoms with E-state index in [1.54, 1.807) is 30.3 Å². The molecule has 1 amide bonds. The summed E-state index contributed by atoms with van der Waals surface area (Å²) in [5, 5.41) is 3.28. The Morgan fingerprint density at radius 1 is 1.17 bits per heavy atom. The Morgan fingerprint density at radius 2 is 1.96 bits per heavy atom. The Bertz CT molecular complexity index is 921. The third-order valence-corrected chi connectivity index (χ3v) is 4.29. The van der Waals surface area contributed by atoms with Crippen molar-refractivity contribution >= 4 is 44.8 Å². The molecule has 0 saturated heterocycles. The van der Waals surface area contributed by atoms with Gasteiger partial charge in [0, 0.05) is 10.0 Å². The van der Waals surface area contributed by atoms with Gasteiger partial charge in [-0.15, -0.1) is 0 Å². The van der Waals surface area contributed by atoms with Gasteiger partial charge in [0.25, 0.3) is 5.91 Å². The number of hydrogen-bond donors (Lipinski definition) is 2. The van der Waals surface area contributed by atoms with E-state index in [0.29, 0.717) is 27.7 Å². The molecule has 6 heteroatoms. The van der Waals surface area contributed by atoms with Crippen LogP contribution in [0.1, 0.15) is 16.1 Å². The largest absolute Gasteiger partial charge is 0.451 e. The Morgan fingerprint density at radius 3 is 2.67 bits per heavy atom. The van der Waals surface area contributed by atoms with E-state index >= 15 is 0 Å². The number of nitrogen functional groups attached to an aromatic ring is 1. The second-order valence-electron chi connectivity index (χ2n) is 5.33. The first-order valence-corrected chi connectivity index (χ1v) is 8.34. The number of nitrogens with two attached hydrogens (primary N) is 1. The van der Waals surface area contributed by atoms with Crippen molar-refractivity contribution in [3.63, 3.8) is 0 Å². The average Bonchev–Trinajstić information content (AvgIpc) is 3.00. The number of carbonyl (C=O) groups is 1. The molecule has 1 aromatic heterocycles. The fraction of sp³-hybridized carbons (Fsp3) is 0.0556. The molecule has 0 unspecified atom stereocenters. The molecule has 3 aromatic rings. The summed E-state index contributed by atoms with van der Waals surface area (Å²) in [7, 11) is 0. The first-order chi connectivity index (χ1) is 11.4. The van der Waals surface area contributed by atoms with E-state index in [1.165, 1.54) is 0 Å². The molecule has 0 atom stereocenters. The Balaban J connectivity index is 1.83. The highest BCUT2D eigenvalue weighted by atomic mass is 79.9. The van der Waals surface area contributed by atoms with Crippen LogP contribution in [0.3, 0.4) is 0 Å². The number of nitrogens with one attached hydrogen (secondary N) is 1. The molecule has 0 aliphatic carbocycles. The normalized spacial score (nSPS) is 10.6. The molecular formula is C18H14BrClN2O2. The van der Waals surface area contributed by atoms with E-state index < -0.39 is 0 Å². The van der Waals surface area contributed by atoms with Crippen LogP contribution < -0.4 is 11.1 Å². The van der Waals surface area contributed by atoms with Gasteiger partial charge in [-0.25, -0.2) is 0 Å². The van der Waals surface area contributed by atoms with E-state index in [4.69, 9.17) is 21.8 Å². The molecule has 24 heavy (non-hydrogen) atoms. The summed E-state index contributed by atoms with van der Waals surface area (Å²) < 4.78 is 6.51. The molecule has 0 spiro atoms. The number of amides is 1. The van der Waals surface area contributed by atoms with Crippen molar-refractivity contribution in [3.8, 4) is 11.3 Å². The summed E-state index contributed by atoms with van der Waals surface area (Å²) in [6.45, 7) is 1.93. The summed E-state index contributed by atoms with van der Waals surface area (Å²) in [5.74, 6) is 0.337. The number of hydrogen-bond acceptors (Lipinski definition) is 3. The monoisotopic (exact) mass is 404 g/mol. The first-order valence-electron chi connectivity index (χ1n) is 7.17. The molecule has 0 aliphatic heterocycles. The predicted octanol–water partition coefficient (Wildman–Crippen LogP) is 5.51. The van der Waals surface area contributed by atoms with Crippen LogP contribution in [0.15, 0.2) is 57.4 Å². The maximum Gasteiger partial charge on any atom is 0.291 e. The summed E-state index contributed by atoms with van der Waals surface area (Å²) in [6.07, 6.45) is 0. The minimum Gasteiger partial charge on any atom is -0.451 e. The molecule has 1 heterocycles. The zero-order chi connectivity index (χ0) is 17.3. The van der Waals surface area contributed by atoms with Crippen LogP contribution in [0.2, 0.25) is 5.02 Å². The SMILES string of the molecule is Cc1ccc(NC(=O)c2ccc(-c3ccc(Br)cc3Cl)o2)c(N)c1. The predicted molar refractivity (Wildman–Crippen MR) is 100 cm³/mol. The lowest BCUT2D eigenvalue weighted by molar-refractivity contribution is 0.0997. The van der Waals surface area contributed by atoms with E-state index in [9.17, 15) is 4.79 Å². The van der Waals surface area contributed by atoms with Gasteiger partial charge in [0.2, 0.25) is 0 Å². The lowest BCUT2D eigenvalue weighted by Crippen LogP contribution is -2.12. The number of benzene rings is 2. The van der Waals surface area contributed by atoms with Crippen molar-refractivity contribution in [2.45, 2.75) is 6.92 Å². The first kappa shape index (κ1) is 16.6.